The van der Waals surface area contributed by atoms with Crippen LogP contribution in [0.3, 0.4) is 0 Å². The average Bonchev–Trinajstić information content (AvgIpc) is 2.64. The third-order valence-corrected chi connectivity index (χ3v) is 2.44. The highest BCUT2D eigenvalue weighted by Crippen LogP contribution is 2.29. The van der Waals surface area contributed by atoms with Gasteiger partial charge in [-0.1, -0.05) is 25.7 Å². The molecule has 0 bridgehead atoms. The van der Waals surface area contributed by atoms with Crippen LogP contribution >= 0.6 is 34.0 Å². The van der Waals surface area contributed by atoms with Crippen LogP contribution in [0.1, 0.15) is 38.5 Å². The van der Waals surface area contributed by atoms with Crippen molar-refractivity contribution in [2.75, 3.05) is 0 Å². The minimum atomic E-state index is 0. The Balaban J connectivity index is 0.000000500. The SMILES string of the molecule is Br.Br.C1CCCC2(CC1)NN2. The van der Waals surface area contributed by atoms with Gasteiger partial charge in [0, 0.05) is 0 Å². The zero-order valence-electron chi connectivity index (χ0n) is 6.56. The van der Waals surface area contributed by atoms with Gasteiger partial charge in [0.05, 0.1) is 5.66 Å². The largest absolute Gasteiger partial charge is 0.235 e. The molecule has 1 saturated carbocycles. The topological polar surface area (TPSA) is 43.9 Å². The smallest absolute Gasteiger partial charge is 0.0943 e. The summed E-state index contributed by atoms with van der Waals surface area (Å²) in [6, 6.07) is 0. The second-order valence-corrected chi connectivity index (χ2v) is 3.25. The molecule has 1 saturated heterocycles. The molecule has 1 spiro atoms. The molecule has 1 aliphatic carbocycles. The normalized spacial score (nSPS) is 26.2. The quantitative estimate of drug-likeness (QED) is 0.672. The van der Waals surface area contributed by atoms with E-state index in [1.54, 1.807) is 0 Å². The van der Waals surface area contributed by atoms with Crippen LogP contribution < -0.4 is 10.9 Å². The Kier molecular flexibility index (Phi) is 5.18. The molecule has 0 aromatic heterocycles. The molecule has 1 heterocycles. The lowest BCUT2D eigenvalue weighted by Crippen LogP contribution is -2.14. The van der Waals surface area contributed by atoms with Gasteiger partial charge in [-0.25, -0.2) is 10.9 Å². The number of hydrogen-bond donors (Lipinski definition) is 2. The minimum absolute atomic E-state index is 0. The molecular formula is C7H16Br2N2. The number of hydrogen-bond acceptors (Lipinski definition) is 2. The molecule has 4 heteroatoms. The molecule has 2 rings (SSSR count). The van der Waals surface area contributed by atoms with Gasteiger partial charge in [-0.15, -0.1) is 34.0 Å². The molecule has 0 atom stereocenters. The maximum Gasteiger partial charge on any atom is 0.0943 e. The summed E-state index contributed by atoms with van der Waals surface area (Å²) in [7, 11) is 0. The van der Waals surface area contributed by atoms with Crippen LogP contribution in [0.15, 0.2) is 0 Å². The molecule has 2 nitrogen and oxygen atoms in total. The van der Waals surface area contributed by atoms with Crippen molar-refractivity contribution < 1.29 is 0 Å². The number of nitrogens with one attached hydrogen (secondary N) is 2. The molecule has 0 amide bonds. The van der Waals surface area contributed by atoms with E-state index in [9.17, 15) is 0 Å². The zero-order valence-corrected chi connectivity index (χ0v) is 9.99. The summed E-state index contributed by atoms with van der Waals surface area (Å²) in [5.74, 6) is 0. The lowest BCUT2D eigenvalue weighted by atomic mass is 10.1. The number of halogens is 2. The molecule has 0 radical (unpaired) electrons. The van der Waals surface area contributed by atoms with E-state index in [4.69, 9.17) is 0 Å². The Hall–Kier alpha value is 0.880. The zero-order chi connectivity index (χ0) is 6.16. The van der Waals surface area contributed by atoms with Gasteiger partial charge >= 0.3 is 0 Å². The number of rotatable bonds is 0. The predicted octanol–water partition coefficient (Wildman–Crippen LogP) is 2.30. The van der Waals surface area contributed by atoms with E-state index in [2.05, 4.69) is 10.9 Å². The second kappa shape index (κ2) is 4.80. The first kappa shape index (κ1) is 11.9. The molecule has 0 unspecified atom stereocenters. The van der Waals surface area contributed by atoms with Crippen LogP contribution in [0, 0.1) is 0 Å². The first-order valence-electron chi connectivity index (χ1n) is 3.96. The molecule has 2 fully saturated rings. The minimum Gasteiger partial charge on any atom is -0.235 e. The Bertz CT molecular complexity index is 105. The standard InChI is InChI=1S/C7H14N2.2BrH/c1-2-4-6-7(5-3-1)8-9-7;;/h8-9H,1-6H2;2*1H. The van der Waals surface area contributed by atoms with Crippen molar-refractivity contribution in [2.24, 2.45) is 0 Å². The van der Waals surface area contributed by atoms with E-state index >= 15 is 0 Å². The molecular weight excluding hydrogens is 272 g/mol. The summed E-state index contributed by atoms with van der Waals surface area (Å²) in [6.45, 7) is 0. The lowest BCUT2D eigenvalue weighted by molar-refractivity contribution is 0.523. The van der Waals surface area contributed by atoms with Gasteiger partial charge in [0.25, 0.3) is 0 Å². The summed E-state index contributed by atoms with van der Waals surface area (Å²) in [5.41, 5.74) is 6.89. The molecule has 2 N–H and O–H groups in total. The van der Waals surface area contributed by atoms with Gasteiger partial charge in [0.1, 0.15) is 0 Å². The fourth-order valence-electron chi connectivity index (χ4n) is 1.67. The first-order valence-corrected chi connectivity index (χ1v) is 3.96. The molecule has 1 aliphatic heterocycles. The van der Waals surface area contributed by atoms with Crippen molar-refractivity contribution in [1.29, 1.82) is 0 Å². The van der Waals surface area contributed by atoms with Gasteiger partial charge in [-0.05, 0) is 12.8 Å². The Morgan fingerprint density at radius 2 is 1.18 bits per heavy atom. The van der Waals surface area contributed by atoms with Gasteiger partial charge < -0.3 is 0 Å². The first-order chi connectivity index (χ1) is 4.41. The van der Waals surface area contributed by atoms with Crippen molar-refractivity contribution in [3.8, 4) is 0 Å². The van der Waals surface area contributed by atoms with Crippen LogP contribution in [-0.2, 0) is 0 Å². The highest BCUT2D eigenvalue weighted by Gasteiger charge is 2.40. The summed E-state index contributed by atoms with van der Waals surface area (Å²) in [4.78, 5) is 0. The van der Waals surface area contributed by atoms with E-state index < -0.39 is 0 Å². The van der Waals surface area contributed by atoms with Crippen LogP contribution in [0.5, 0.6) is 0 Å². The third kappa shape index (κ3) is 3.01. The highest BCUT2D eigenvalue weighted by atomic mass is 79.9. The summed E-state index contributed by atoms with van der Waals surface area (Å²) in [6.07, 6.45) is 8.36. The van der Waals surface area contributed by atoms with Crippen LogP contribution in [0.25, 0.3) is 0 Å². The summed E-state index contributed by atoms with van der Waals surface area (Å²) < 4.78 is 0. The van der Waals surface area contributed by atoms with E-state index in [1.807, 2.05) is 0 Å². The second-order valence-electron chi connectivity index (χ2n) is 3.25. The highest BCUT2D eigenvalue weighted by molar-refractivity contribution is 8.93. The van der Waals surface area contributed by atoms with Gasteiger partial charge in [0.15, 0.2) is 0 Å². The summed E-state index contributed by atoms with van der Waals surface area (Å²) in [5, 5.41) is 0. The van der Waals surface area contributed by atoms with E-state index in [0.29, 0.717) is 5.66 Å². The molecule has 0 aromatic rings. The molecule has 0 aromatic carbocycles. The van der Waals surface area contributed by atoms with Crippen LogP contribution in [-0.4, -0.2) is 5.66 Å². The Morgan fingerprint density at radius 3 is 1.55 bits per heavy atom. The van der Waals surface area contributed by atoms with E-state index in [0.717, 1.165) is 0 Å². The lowest BCUT2D eigenvalue weighted by Gasteiger charge is -2.04. The monoisotopic (exact) mass is 286 g/mol. The van der Waals surface area contributed by atoms with Gasteiger partial charge in [-0.3, -0.25) is 0 Å². The van der Waals surface area contributed by atoms with E-state index in [-0.39, 0.29) is 34.0 Å². The Labute approximate surface area is 89.0 Å². The van der Waals surface area contributed by atoms with Crippen molar-refractivity contribution in [3.05, 3.63) is 0 Å². The predicted molar refractivity (Wildman–Crippen MR) is 57.3 cm³/mol. The average molecular weight is 288 g/mol. The number of hydrazine groups is 1. The molecule has 2 aliphatic rings. The Morgan fingerprint density at radius 1 is 0.727 bits per heavy atom. The van der Waals surface area contributed by atoms with E-state index in [1.165, 1.54) is 38.5 Å². The fraction of sp³-hybridized carbons (Fsp3) is 1.00. The van der Waals surface area contributed by atoms with Crippen molar-refractivity contribution >= 4 is 34.0 Å². The summed E-state index contributed by atoms with van der Waals surface area (Å²) >= 11 is 0. The van der Waals surface area contributed by atoms with Crippen LogP contribution in [0.4, 0.5) is 0 Å². The van der Waals surface area contributed by atoms with Gasteiger partial charge in [-0.2, -0.15) is 0 Å². The maximum absolute atomic E-state index is 3.24. The third-order valence-electron chi connectivity index (χ3n) is 2.44. The molecule has 11 heavy (non-hydrogen) atoms. The van der Waals surface area contributed by atoms with Crippen molar-refractivity contribution in [2.45, 2.75) is 44.2 Å². The van der Waals surface area contributed by atoms with Gasteiger partial charge in [0.2, 0.25) is 0 Å². The van der Waals surface area contributed by atoms with Crippen molar-refractivity contribution in [1.82, 2.24) is 10.9 Å². The maximum atomic E-state index is 3.24. The van der Waals surface area contributed by atoms with Crippen molar-refractivity contribution in [3.63, 3.8) is 0 Å². The fourth-order valence-corrected chi connectivity index (χ4v) is 1.67. The van der Waals surface area contributed by atoms with Crippen LogP contribution in [0.2, 0.25) is 0 Å². The molecule has 68 valence electrons.